The zero-order valence-electron chi connectivity index (χ0n) is 20.2. The van der Waals surface area contributed by atoms with Crippen molar-refractivity contribution in [1.82, 2.24) is 9.80 Å². The summed E-state index contributed by atoms with van der Waals surface area (Å²) < 4.78 is 11.0. The third-order valence-electron chi connectivity index (χ3n) is 6.69. The molecule has 0 unspecified atom stereocenters. The predicted octanol–water partition coefficient (Wildman–Crippen LogP) is 3.78. The van der Waals surface area contributed by atoms with E-state index in [1.54, 1.807) is 30.2 Å². The standard InChI is InChI=1S/C27H32N2O5/c1-5-28(6-2)13-14-29-24(18-7-10-21(33-4)11-8-18)23(26(31)27(29)32)25(30)19-9-12-22-20(16-19)15-17(3)34-22/h7-12,16-17,24,30H,5-6,13-15H2,1-4H3/t17-,24+/m1/s1. The van der Waals surface area contributed by atoms with Gasteiger partial charge in [0.1, 0.15) is 23.4 Å². The summed E-state index contributed by atoms with van der Waals surface area (Å²) in [4.78, 5) is 30.2. The van der Waals surface area contributed by atoms with Gasteiger partial charge >= 0.3 is 0 Å². The van der Waals surface area contributed by atoms with Crippen molar-refractivity contribution >= 4 is 17.4 Å². The number of nitrogens with zero attached hydrogens (tertiary/aromatic N) is 2. The number of rotatable bonds is 8. The third-order valence-corrected chi connectivity index (χ3v) is 6.69. The fourth-order valence-electron chi connectivity index (χ4n) is 4.76. The van der Waals surface area contributed by atoms with Crippen LogP contribution in [0, 0.1) is 0 Å². The molecule has 2 aromatic carbocycles. The van der Waals surface area contributed by atoms with Gasteiger partial charge in [0, 0.05) is 25.1 Å². The highest BCUT2D eigenvalue weighted by Crippen LogP contribution is 2.40. The summed E-state index contributed by atoms with van der Waals surface area (Å²) in [5.74, 6) is 0.0505. The molecule has 7 nitrogen and oxygen atoms in total. The topological polar surface area (TPSA) is 79.3 Å². The van der Waals surface area contributed by atoms with Crippen molar-refractivity contribution in [3.63, 3.8) is 0 Å². The van der Waals surface area contributed by atoms with Crippen LogP contribution in [0.4, 0.5) is 0 Å². The SMILES string of the molecule is CCN(CC)CCN1C(=O)C(=O)C(=C(O)c2ccc3c(c2)C[C@@H](C)O3)[C@@H]1c1ccc(OC)cc1. The number of carbonyl (C=O) groups is 2. The molecule has 1 N–H and O–H groups in total. The van der Waals surface area contributed by atoms with E-state index in [9.17, 15) is 14.7 Å². The minimum absolute atomic E-state index is 0.0670. The van der Waals surface area contributed by atoms with Crippen molar-refractivity contribution in [1.29, 1.82) is 0 Å². The zero-order chi connectivity index (χ0) is 24.4. The van der Waals surface area contributed by atoms with Crippen molar-refractivity contribution in [2.24, 2.45) is 0 Å². The Bertz CT molecular complexity index is 1100. The van der Waals surface area contributed by atoms with Crippen LogP contribution in [0.3, 0.4) is 0 Å². The number of hydrogen-bond acceptors (Lipinski definition) is 6. The van der Waals surface area contributed by atoms with Crippen molar-refractivity contribution in [2.75, 3.05) is 33.3 Å². The number of aliphatic hydroxyl groups excluding tert-OH is 1. The molecule has 180 valence electrons. The van der Waals surface area contributed by atoms with E-state index in [1.165, 1.54) is 0 Å². The van der Waals surface area contributed by atoms with E-state index in [4.69, 9.17) is 9.47 Å². The van der Waals surface area contributed by atoms with Crippen LogP contribution in [-0.2, 0) is 16.0 Å². The molecule has 1 fully saturated rings. The average molecular weight is 465 g/mol. The Labute approximate surface area is 200 Å². The van der Waals surface area contributed by atoms with Gasteiger partial charge in [-0.1, -0.05) is 26.0 Å². The number of methoxy groups -OCH3 is 1. The Kier molecular flexibility index (Phi) is 6.93. The summed E-state index contributed by atoms with van der Waals surface area (Å²) in [6, 6.07) is 12.0. The average Bonchev–Trinajstić information content (AvgIpc) is 3.35. The normalized spacial score (nSPS) is 21.1. The van der Waals surface area contributed by atoms with Gasteiger partial charge < -0.3 is 24.4 Å². The fraction of sp³-hybridized carbons (Fsp3) is 0.407. The second-order valence-electron chi connectivity index (χ2n) is 8.75. The lowest BCUT2D eigenvalue weighted by atomic mass is 9.94. The van der Waals surface area contributed by atoms with Crippen molar-refractivity contribution < 1.29 is 24.2 Å². The maximum atomic E-state index is 13.2. The molecule has 2 aromatic rings. The second-order valence-corrected chi connectivity index (χ2v) is 8.75. The molecule has 7 heteroatoms. The molecule has 0 aromatic heterocycles. The van der Waals surface area contributed by atoms with Crippen molar-refractivity contribution in [2.45, 2.75) is 39.3 Å². The molecule has 2 aliphatic heterocycles. The highest BCUT2D eigenvalue weighted by atomic mass is 16.5. The lowest BCUT2D eigenvalue weighted by Gasteiger charge is -2.28. The number of carbonyl (C=O) groups excluding carboxylic acids is 2. The van der Waals surface area contributed by atoms with Crippen LogP contribution < -0.4 is 9.47 Å². The number of benzene rings is 2. The number of ketones is 1. The van der Waals surface area contributed by atoms with E-state index in [1.807, 2.05) is 31.2 Å². The molecule has 2 heterocycles. The van der Waals surface area contributed by atoms with Crippen LogP contribution in [0.5, 0.6) is 11.5 Å². The minimum atomic E-state index is -0.676. The first-order valence-corrected chi connectivity index (χ1v) is 11.8. The van der Waals surface area contributed by atoms with Gasteiger partial charge in [-0.15, -0.1) is 0 Å². The molecule has 2 atom stereocenters. The molecular weight excluding hydrogens is 432 g/mol. The van der Waals surface area contributed by atoms with Gasteiger partial charge in [-0.2, -0.15) is 0 Å². The molecule has 1 saturated heterocycles. The summed E-state index contributed by atoms with van der Waals surface area (Å²) in [6.07, 6.45) is 0.800. The monoisotopic (exact) mass is 464 g/mol. The maximum Gasteiger partial charge on any atom is 0.295 e. The van der Waals surface area contributed by atoms with Gasteiger partial charge in [0.15, 0.2) is 0 Å². The van der Waals surface area contributed by atoms with Gasteiger partial charge in [0.05, 0.1) is 18.7 Å². The maximum absolute atomic E-state index is 13.2. The Morgan fingerprint density at radius 2 is 1.85 bits per heavy atom. The van der Waals surface area contributed by atoms with E-state index in [2.05, 4.69) is 18.7 Å². The molecule has 0 spiro atoms. The lowest BCUT2D eigenvalue weighted by molar-refractivity contribution is -0.140. The van der Waals surface area contributed by atoms with Gasteiger partial charge in [0.2, 0.25) is 0 Å². The van der Waals surface area contributed by atoms with Crippen LogP contribution in [0.15, 0.2) is 48.0 Å². The van der Waals surface area contributed by atoms with E-state index in [0.717, 1.165) is 36.4 Å². The van der Waals surface area contributed by atoms with Crippen LogP contribution in [0.2, 0.25) is 0 Å². The number of likely N-dealkylation sites (tertiary alicyclic amines) is 1. The Hall–Kier alpha value is -3.32. The second kappa shape index (κ2) is 9.89. The molecule has 34 heavy (non-hydrogen) atoms. The van der Waals surface area contributed by atoms with Crippen LogP contribution in [0.25, 0.3) is 5.76 Å². The first kappa shape index (κ1) is 23.8. The highest BCUT2D eigenvalue weighted by Gasteiger charge is 2.46. The Morgan fingerprint density at radius 3 is 2.50 bits per heavy atom. The van der Waals surface area contributed by atoms with E-state index in [0.29, 0.717) is 24.4 Å². The Morgan fingerprint density at radius 1 is 1.15 bits per heavy atom. The smallest absolute Gasteiger partial charge is 0.295 e. The first-order chi connectivity index (χ1) is 16.4. The van der Waals surface area contributed by atoms with Gasteiger partial charge in [-0.3, -0.25) is 9.59 Å². The molecule has 1 amide bonds. The van der Waals surface area contributed by atoms with Crippen LogP contribution in [0.1, 0.15) is 43.5 Å². The summed E-state index contributed by atoms with van der Waals surface area (Å²) in [7, 11) is 1.59. The number of likely N-dealkylation sites (N-methyl/N-ethyl adjacent to an activating group) is 1. The lowest BCUT2D eigenvalue weighted by Crippen LogP contribution is -2.38. The molecule has 0 bridgehead atoms. The molecule has 0 aliphatic carbocycles. The minimum Gasteiger partial charge on any atom is -0.507 e. The van der Waals surface area contributed by atoms with Gasteiger partial charge in [-0.25, -0.2) is 0 Å². The van der Waals surface area contributed by atoms with Crippen molar-refractivity contribution in [3.05, 3.63) is 64.7 Å². The molecule has 0 radical (unpaired) electrons. The summed E-state index contributed by atoms with van der Waals surface area (Å²) in [5.41, 5.74) is 2.35. The molecular formula is C27H32N2O5. The highest BCUT2D eigenvalue weighted by molar-refractivity contribution is 6.46. The van der Waals surface area contributed by atoms with Crippen LogP contribution in [-0.4, -0.2) is 66.0 Å². The van der Waals surface area contributed by atoms with Crippen LogP contribution >= 0.6 is 0 Å². The fourth-order valence-corrected chi connectivity index (χ4v) is 4.76. The number of Topliss-reactive ketones (excluding diaryl/α,β-unsaturated/α-hetero) is 1. The quantitative estimate of drug-likeness (QED) is 0.364. The number of fused-ring (bicyclic) bond motifs is 1. The predicted molar refractivity (Wildman–Crippen MR) is 130 cm³/mol. The zero-order valence-corrected chi connectivity index (χ0v) is 20.2. The molecule has 2 aliphatic rings. The summed E-state index contributed by atoms with van der Waals surface area (Å²) >= 11 is 0. The van der Waals surface area contributed by atoms with Gasteiger partial charge in [-0.05, 0) is 61.5 Å². The van der Waals surface area contributed by atoms with Gasteiger partial charge in [0.25, 0.3) is 11.7 Å². The Balaban J connectivity index is 1.77. The van der Waals surface area contributed by atoms with E-state index < -0.39 is 17.7 Å². The largest absolute Gasteiger partial charge is 0.507 e. The molecule has 4 rings (SSSR count). The molecule has 0 saturated carbocycles. The number of aliphatic hydroxyl groups is 1. The van der Waals surface area contributed by atoms with E-state index in [-0.39, 0.29) is 17.4 Å². The number of amides is 1. The number of ether oxygens (including phenoxy) is 2. The third kappa shape index (κ3) is 4.40. The first-order valence-electron chi connectivity index (χ1n) is 11.8. The summed E-state index contributed by atoms with van der Waals surface area (Å²) in [6.45, 7) is 8.85. The summed E-state index contributed by atoms with van der Waals surface area (Å²) in [5, 5.41) is 11.3. The van der Waals surface area contributed by atoms with Crippen molar-refractivity contribution in [3.8, 4) is 11.5 Å². The number of hydrogen-bond donors (Lipinski definition) is 1. The van der Waals surface area contributed by atoms with E-state index >= 15 is 0 Å².